The second-order valence-electron chi connectivity index (χ2n) is 5.15. The highest BCUT2D eigenvalue weighted by Gasteiger charge is 2.22. The summed E-state index contributed by atoms with van der Waals surface area (Å²) < 4.78 is 0. The molecule has 0 aliphatic heterocycles. The second kappa shape index (κ2) is 8.76. The lowest BCUT2D eigenvalue weighted by atomic mass is 10.2. The number of pyridine rings is 1. The molecule has 0 saturated heterocycles. The summed E-state index contributed by atoms with van der Waals surface area (Å²) in [5.74, 6) is -0.148. The van der Waals surface area contributed by atoms with Crippen LogP contribution in [-0.4, -0.2) is 26.3 Å². The minimum atomic E-state index is -0.342. The second-order valence-corrected chi connectivity index (χ2v) is 7.52. The molecule has 1 N–H and O–H groups in total. The maximum absolute atomic E-state index is 12.5. The molecule has 0 bridgehead atoms. The van der Waals surface area contributed by atoms with Crippen LogP contribution in [0.1, 0.15) is 43.0 Å². The number of nitrogens with one attached hydrogen (secondary N) is 1. The summed E-state index contributed by atoms with van der Waals surface area (Å²) in [6.45, 7) is 5.85. The Bertz CT molecular complexity index is 753. The summed E-state index contributed by atoms with van der Waals surface area (Å²) in [7, 11) is 0. The van der Waals surface area contributed by atoms with Crippen LogP contribution in [0.25, 0.3) is 0 Å². The van der Waals surface area contributed by atoms with E-state index < -0.39 is 0 Å². The topological polar surface area (TPSA) is 91.6 Å². The summed E-state index contributed by atoms with van der Waals surface area (Å²) in [6.07, 6.45) is 2.46. The lowest BCUT2D eigenvalue weighted by Crippen LogP contribution is -2.24. The maximum atomic E-state index is 12.5. The number of carbonyl (C=O) groups excluding carboxylic acids is 1. The van der Waals surface area contributed by atoms with Crippen LogP contribution in [-0.2, 0) is 11.2 Å². The molecule has 1 unspecified atom stereocenters. The van der Waals surface area contributed by atoms with E-state index in [0.29, 0.717) is 22.1 Å². The first kappa shape index (κ1) is 18.4. The van der Waals surface area contributed by atoms with E-state index in [1.54, 1.807) is 6.07 Å². The predicted octanol–water partition coefficient (Wildman–Crippen LogP) is 3.58. The Labute approximate surface area is 149 Å². The highest BCUT2D eigenvalue weighted by atomic mass is 32.2. The number of nitriles is 1. The van der Waals surface area contributed by atoms with Crippen molar-refractivity contribution in [1.29, 1.82) is 5.26 Å². The van der Waals surface area contributed by atoms with Gasteiger partial charge >= 0.3 is 0 Å². The van der Waals surface area contributed by atoms with E-state index in [2.05, 4.69) is 33.5 Å². The van der Waals surface area contributed by atoms with Gasteiger partial charge in [-0.1, -0.05) is 43.4 Å². The van der Waals surface area contributed by atoms with Crippen molar-refractivity contribution in [3.05, 3.63) is 28.4 Å². The molecule has 1 atom stereocenters. The first-order valence-electron chi connectivity index (χ1n) is 7.75. The number of amides is 1. The standard InChI is InChI=1S/C16H19N5OS2/c1-4-6-12-8-7-11(9-17)15(18-12)24-13(5-2)14(22)19-16-21-20-10(3)23-16/h7-8,13H,4-6H2,1-3H3,(H,19,21,22). The quantitative estimate of drug-likeness (QED) is 0.758. The van der Waals surface area contributed by atoms with E-state index in [-0.39, 0.29) is 11.2 Å². The molecule has 0 aromatic carbocycles. The van der Waals surface area contributed by atoms with E-state index in [1.165, 1.54) is 23.1 Å². The van der Waals surface area contributed by atoms with Crippen LogP contribution >= 0.6 is 23.1 Å². The molecule has 8 heteroatoms. The summed E-state index contributed by atoms with van der Waals surface area (Å²) in [6, 6.07) is 5.80. The van der Waals surface area contributed by atoms with Gasteiger partial charge in [0.15, 0.2) is 0 Å². The van der Waals surface area contributed by atoms with Crippen molar-refractivity contribution in [2.24, 2.45) is 0 Å². The Kier molecular flexibility index (Phi) is 6.70. The first-order valence-corrected chi connectivity index (χ1v) is 9.44. The summed E-state index contributed by atoms with van der Waals surface area (Å²) >= 11 is 2.66. The van der Waals surface area contributed by atoms with Gasteiger partial charge in [0, 0.05) is 5.69 Å². The monoisotopic (exact) mass is 361 g/mol. The van der Waals surface area contributed by atoms with Gasteiger partial charge in [-0.15, -0.1) is 10.2 Å². The van der Waals surface area contributed by atoms with Gasteiger partial charge < -0.3 is 0 Å². The van der Waals surface area contributed by atoms with Crippen molar-refractivity contribution in [1.82, 2.24) is 15.2 Å². The molecule has 24 heavy (non-hydrogen) atoms. The highest BCUT2D eigenvalue weighted by Crippen LogP contribution is 2.28. The number of thioether (sulfide) groups is 1. The van der Waals surface area contributed by atoms with Crippen LogP contribution in [0.5, 0.6) is 0 Å². The molecule has 0 aliphatic rings. The molecule has 0 aliphatic carbocycles. The van der Waals surface area contributed by atoms with Crippen molar-refractivity contribution >= 4 is 34.1 Å². The van der Waals surface area contributed by atoms with Crippen LogP contribution in [0.15, 0.2) is 17.2 Å². The lowest BCUT2D eigenvalue weighted by Gasteiger charge is -2.14. The molecule has 2 aromatic heterocycles. The summed E-state index contributed by atoms with van der Waals surface area (Å²) in [5.41, 5.74) is 1.44. The molecule has 2 heterocycles. The van der Waals surface area contributed by atoms with Crippen LogP contribution in [0.2, 0.25) is 0 Å². The minimum absolute atomic E-state index is 0.148. The van der Waals surface area contributed by atoms with Crippen molar-refractivity contribution in [3.63, 3.8) is 0 Å². The number of anilines is 1. The smallest absolute Gasteiger partial charge is 0.239 e. The third kappa shape index (κ3) is 4.76. The summed E-state index contributed by atoms with van der Waals surface area (Å²) in [5, 5.41) is 21.4. The number of nitrogens with zero attached hydrogens (tertiary/aromatic N) is 4. The Morgan fingerprint density at radius 2 is 2.21 bits per heavy atom. The largest absolute Gasteiger partial charge is 0.300 e. The predicted molar refractivity (Wildman–Crippen MR) is 96.2 cm³/mol. The average molecular weight is 361 g/mol. The maximum Gasteiger partial charge on any atom is 0.239 e. The number of carbonyl (C=O) groups is 1. The zero-order valence-electron chi connectivity index (χ0n) is 13.9. The van der Waals surface area contributed by atoms with Gasteiger partial charge in [-0.25, -0.2) is 4.98 Å². The molecule has 0 radical (unpaired) electrons. The number of hydrogen-bond acceptors (Lipinski definition) is 7. The van der Waals surface area contributed by atoms with Crippen molar-refractivity contribution < 1.29 is 4.79 Å². The Hall–Kier alpha value is -1.98. The van der Waals surface area contributed by atoms with Gasteiger partial charge in [-0.2, -0.15) is 5.26 Å². The van der Waals surface area contributed by atoms with Gasteiger partial charge in [0.05, 0.1) is 10.8 Å². The molecule has 2 rings (SSSR count). The normalized spacial score (nSPS) is 11.8. The fraction of sp³-hybridized carbons (Fsp3) is 0.438. The van der Waals surface area contributed by atoms with E-state index in [1.807, 2.05) is 19.9 Å². The molecule has 0 saturated carbocycles. The van der Waals surface area contributed by atoms with Gasteiger partial charge in [0.1, 0.15) is 16.1 Å². The number of aromatic nitrogens is 3. The summed E-state index contributed by atoms with van der Waals surface area (Å²) in [4.78, 5) is 17.0. The van der Waals surface area contributed by atoms with Gasteiger partial charge in [0.2, 0.25) is 11.0 Å². The van der Waals surface area contributed by atoms with Crippen LogP contribution < -0.4 is 5.32 Å². The highest BCUT2D eigenvalue weighted by molar-refractivity contribution is 8.00. The van der Waals surface area contributed by atoms with E-state index in [9.17, 15) is 10.1 Å². The molecule has 2 aromatic rings. The van der Waals surface area contributed by atoms with Crippen LogP contribution in [0, 0.1) is 18.3 Å². The molecule has 1 amide bonds. The lowest BCUT2D eigenvalue weighted by molar-refractivity contribution is -0.115. The van der Waals surface area contributed by atoms with Crippen molar-refractivity contribution in [3.8, 4) is 6.07 Å². The van der Waals surface area contributed by atoms with E-state index in [4.69, 9.17) is 0 Å². The molecule has 0 spiro atoms. The molecular formula is C16H19N5OS2. The fourth-order valence-corrected chi connectivity index (χ4v) is 3.65. The van der Waals surface area contributed by atoms with Crippen LogP contribution in [0.4, 0.5) is 5.13 Å². The van der Waals surface area contributed by atoms with Gasteiger partial charge in [-0.05, 0) is 31.9 Å². The number of rotatable bonds is 7. The van der Waals surface area contributed by atoms with Crippen LogP contribution in [0.3, 0.4) is 0 Å². The molecule has 6 nitrogen and oxygen atoms in total. The van der Waals surface area contributed by atoms with Gasteiger partial charge in [0.25, 0.3) is 0 Å². The average Bonchev–Trinajstić information content (AvgIpc) is 2.98. The zero-order valence-corrected chi connectivity index (χ0v) is 15.5. The Balaban J connectivity index is 2.15. The van der Waals surface area contributed by atoms with E-state index in [0.717, 1.165) is 23.5 Å². The molecule has 0 fully saturated rings. The van der Waals surface area contributed by atoms with Crippen molar-refractivity contribution in [2.75, 3.05) is 5.32 Å². The third-order valence-electron chi connectivity index (χ3n) is 3.22. The Morgan fingerprint density at radius 1 is 1.42 bits per heavy atom. The minimum Gasteiger partial charge on any atom is -0.300 e. The Morgan fingerprint density at radius 3 is 2.79 bits per heavy atom. The molecular weight excluding hydrogens is 342 g/mol. The third-order valence-corrected chi connectivity index (χ3v) is 5.34. The van der Waals surface area contributed by atoms with Crippen molar-refractivity contribution in [2.45, 2.75) is 50.3 Å². The first-order chi connectivity index (χ1) is 11.6. The molecule has 126 valence electrons. The van der Waals surface area contributed by atoms with Gasteiger partial charge in [-0.3, -0.25) is 10.1 Å². The SMILES string of the molecule is CCCc1ccc(C#N)c(SC(CC)C(=O)Nc2nnc(C)s2)n1. The number of aryl methyl sites for hydroxylation is 2. The van der Waals surface area contributed by atoms with E-state index >= 15 is 0 Å². The fourth-order valence-electron chi connectivity index (χ4n) is 2.04. The zero-order chi connectivity index (χ0) is 17.5. The number of hydrogen-bond donors (Lipinski definition) is 1.